The second-order valence-corrected chi connectivity index (χ2v) is 5.88. The average Bonchev–Trinajstić information content (AvgIpc) is 2.45. The van der Waals surface area contributed by atoms with Gasteiger partial charge < -0.3 is 9.69 Å². The molecule has 1 fully saturated rings. The SMILES string of the molecule is CC(=O)CCCCN1CCN(C)CC1c1ccccc1. The van der Waals surface area contributed by atoms with Gasteiger partial charge in [-0.05, 0) is 38.9 Å². The van der Waals surface area contributed by atoms with Gasteiger partial charge in [-0.15, -0.1) is 0 Å². The molecule has 0 aliphatic carbocycles. The van der Waals surface area contributed by atoms with Crippen molar-refractivity contribution in [1.82, 2.24) is 9.80 Å². The van der Waals surface area contributed by atoms with Gasteiger partial charge >= 0.3 is 0 Å². The Morgan fingerprint density at radius 2 is 1.95 bits per heavy atom. The first kappa shape index (κ1) is 15.2. The summed E-state index contributed by atoms with van der Waals surface area (Å²) in [6.45, 7) is 6.13. The first-order chi connectivity index (χ1) is 9.66. The maximum Gasteiger partial charge on any atom is 0.129 e. The molecule has 1 aromatic carbocycles. The fourth-order valence-corrected chi connectivity index (χ4v) is 2.90. The standard InChI is InChI=1S/C17H26N2O/c1-15(20)8-6-7-11-19-13-12-18(2)14-17(19)16-9-4-3-5-10-16/h3-5,9-10,17H,6-8,11-14H2,1-2H3. The molecule has 1 heterocycles. The molecular formula is C17H26N2O. The summed E-state index contributed by atoms with van der Waals surface area (Å²) >= 11 is 0. The van der Waals surface area contributed by atoms with Gasteiger partial charge in [0.2, 0.25) is 0 Å². The van der Waals surface area contributed by atoms with Crippen LogP contribution in [0.4, 0.5) is 0 Å². The third-order valence-corrected chi connectivity index (χ3v) is 4.10. The maximum absolute atomic E-state index is 11.0. The van der Waals surface area contributed by atoms with Crippen molar-refractivity contribution >= 4 is 5.78 Å². The van der Waals surface area contributed by atoms with E-state index in [-0.39, 0.29) is 0 Å². The quantitative estimate of drug-likeness (QED) is 0.745. The molecule has 2 rings (SSSR count). The fraction of sp³-hybridized carbons (Fsp3) is 0.588. The summed E-state index contributed by atoms with van der Waals surface area (Å²) in [4.78, 5) is 16.0. The fourth-order valence-electron chi connectivity index (χ4n) is 2.90. The van der Waals surface area contributed by atoms with Crippen LogP contribution in [-0.2, 0) is 4.79 Å². The van der Waals surface area contributed by atoms with Crippen LogP contribution >= 0.6 is 0 Å². The van der Waals surface area contributed by atoms with Crippen LogP contribution in [0.2, 0.25) is 0 Å². The Balaban J connectivity index is 1.93. The topological polar surface area (TPSA) is 23.6 Å². The predicted octanol–water partition coefficient (Wildman–Crippen LogP) is 2.73. The van der Waals surface area contributed by atoms with Crippen molar-refractivity contribution in [3.8, 4) is 0 Å². The zero-order valence-electron chi connectivity index (χ0n) is 12.7. The number of likely N-dealkylation sites (N-methyl/N-ethyl adjacent to an activating group) is 1. The van der Waals surface area contributed by atoms with Gasteiger partial charge in [0.05, 0.1) is 0 Å². The molecular weight excluding hydrogens is 248 g/mol. The van der Waals surface area contributed by atoms with Crippen LogP contribution in [0.1, 0.15) is 37.8 Å². The minimum atomic E-state index is 0.308. The van der Waals surface area contributed by atoms with Gasteiger partial charge in [0.1, 0.15) is 5.78 Å². The van der Waals surface area contributed by atoms with Crippen molar-refractivity contribution in [1.29, 1.82) is 0 Å². The number of Topliss-reactive ketones (excluding diaryl/α,β-unsaturated/α-hetero) is 1. The average molecular weight is 274 g/mol. The summed E-state index contributed by atoms with van der Waals surface area (Å²) in [6.07, 6.45) is 2.86. The van der Waals surface area contributed by atoms with E-state index in [1.165, 1.54) is 5.56 Å². The normalized spacial score (nSPS) is 21.0. The highest BCUT2D eigenvalue weighted by molar-refractivity contribution is 5.75. The monoisotopic (exact) mass is 274 g/mol. The molecule has 0 radical (unpaired) electrons. The van der Waals surface area contributed by atoms with Gasteiger partial charge in [-0.1, -0.05) is 30.3 Å². The predicted molar refractivity (Wildman–Crippen MR) is 82.8 cm³/mol. The van der Waals surface area contributed by atoms with E-state index in [2.05, 4.69) is 47.2 Å². The largest absolute Gasteiger partial charge is 0.303 e. The summed E-state index contributed by atoms with van der Waals surface area (Å²) in [5, 5.41) is 0. The van der Waals surface area contributed by atoms with Crippen molar-refractivity contribution < 1.29 is 4.79 Å². The van der Waals surface area contributed by atoms with Gasteiger partial charge in [0, 0.05) is 32.1 Å². The van der Waals surface area contributed by atoms with E-state index in [0.717, 1.165) is 45.4 Å². The van der Waals surface area contributed by atoms with E-state index in [9.17, 15) is 4.79 Å². The van der Waals surface area contributed by atoms with E-state index < -0.39 is 0 Å². The van der Waals surface area contributed by atoms with Crippen molar-refractivity contribution in [2.75, 3.05) is 33.2 Å². The number of rotatable bonds is 6. The number of unbranched alkanes of at least 4 members (excludes halogenated alkanes) is 1. The summed E-state index contributed by atoms with van der Waals surface area (Å²) in [5.74, 6) is 0.308. The molecule has 1 unspecified atom stereocenters. The molecule has 1 atom stereocenters. The number of piperazine rings is 1. The van der Waals surface area contributed by atoms with E-state index in [0.29, 0.717) is 11.8 Å². The highest BCUT2D eigenvalue weighted by atomic mass is 16.1. The van der Waals surface area contributed by atoms with Gasteiger partial charge in [0.15, 0.2) is 0 Å². The van der Waals surface area contributed by atoms with Gasteiger partial charge in [-0.3, -0.25) is 4.90 Å². The van der Waals surface area contributed by atoms with Crippen LogP contribution < -0.4 is 0 Å². The van der Waals surface area contributed by atoms with Crippen LogP contribution in [0.25, 0.3) is 0 Å². The molecule has 3 heteroatoms. The third-order valence-electron chi connectivity index (χ3n) is 4.10. The van der Waals surface area contributed by atoms with Crippen LogP contribution in [-0.4, -0.2) is 48.8 Å². The Morgan fingerprint density at radius 3 is 2.65 bits per heavy atom. The molecule has 1 aromatic rings. The molecule has 0 saturated carbocycles. The van der Waals surface area contributed by atoms with Crippen molar-refractivity contribution in [3.63, 3.8) is 0 Å². The molecule has 110 valence electrons. The van der Waals surface area contributed by atoms with E-state index in [4.69, 9.17) is 0 Å². The van der Waals surface area contributed by atoms with E-state index in [1.807, 2.05) is 0 Å². The Morgan fingerprint density at radius 1 is 1.20 bits per heavy atom. The molecule has 0 bridgehead atoms. The Hall–Kier alpha value is -1.19. The van der Waals surface area contributed by atoms with Gasteiger partial charge in [0.25, 0.3) is 0 Å². The number of carbonyl (C=O) groups excluding carboxylic acids is 1. The lowest BCUT2D eigenvalue weighted by atomic mass is 10.0. The maximum atomic E-state index is 11.0. The molecule has 20 heavy (non-hydrogen) atoms. The van der Waals surface area contributed by atoms with Crippen LogP contribution in [0.15, 0.2) is 30.3 Å². The molecule has 0 aromatic heterocycles. The number of nitrogens with zero attached hydrogens (tertiary/aromatic N) is 2. The van der Waals surface area contributed by atoms with E-state index >= 15 is 0 Å². The highest BCUT2D eigenvalue weighted by Gasteiger charge is 2.25. The molecule has 0 spiro atoms. The van der Waals surface area contributed by atoms with Crippen molar-refractivity contribution in [2.45, 2.75) is 32.2 Å². The van der Waals surface area contributed by atoms with Gasteiger partial charge in [-0.2, -0.15) is 0 Å². The molecule has 1 aliphatic heterocycles. The molecule has 0 amide bonds. The first-order valence-electron chi connectivity index (χ1n) is 7.64. The van der Waals surface area contributed by atoms with Crippen molar-refractivity contribution in [3.05, 3.63) is 35.9 Å². The number of hydrogen-bond acceptors (Lipinski definition) is 3. The Bertz CT molecular complexity index is 418. The zero-order chi connectivity index (χ0) is 14.4. The van der Waals surface area contributed by atoms with Crippen LogP contribution in [0, 0.1) is 0 Å². The summed E-state index contributed by atoms with van der Waals surface area (Å²) in [7, 11) is 2.20. The minimum absolute atomic E-state index is 0.308. The van der Waals surface area contributed by atoms with Gasteiger partial charge in [-0.25, -0.2) is 0 Å². The summed E-state index contributed by atoms with van der Waals surface area (Å²) in [6, 6.07) is 11.3. The number of ketones is 1. The number of benzene rings is 1. The lowest BCUT2D eigenvalue weighted by Gasteiger charge is -2.40. The number of hydrogen-bond donors (Lipinski definition) is 0. The number of carbonyl (C=O) groups is 1. The lowest BCUT2D eigenvalue weighted by molar-refractivity contribution is -0.117. The summed E-state index contributed by atoms with van der Waals surface area (Å²) in [5.41, 5.74) is 1.41. The zero-order valence-corrected chi connectivity index (χ0v) is 12.7. The Kier molecular flexibility index (Phi) is 5.74. The second-order valence-electron chi connectivity index (χ2n) is 5.88. The second kappa shape index (κ2) is 7.55. The summed E-state index contributed by atoms with van der Waals surface area (Å²) < 4.78 is 0. The molecule has 3 nitrogen and oxygen atoms in total. The van der Waals surface area contributed by atoms with Crippen LogP contribution in [0.5, 0.6) is 0 Å². The first-order valence-corrected chi connectivity index (χ1v) is 7.64. The minimum Gasteiger partial charge on any atom is -0.303 e. The van der Waals surface area contributed by atoms with Crippen LogP contribution in [0.3, 0.4) is 0 Å². The highest BCUT2D eigenvalue weighted by Crippen LogP contribution is 2.25. The molecule has 1 aliphatic rings. The third kappa shape index (κ3) is 4.43. The van der Waals surface area contributed by atoms with E-state index in [1.54, 1.807) is 6.92 Å². The smallest absolute Gasteiger partial charge is 0.129 e. The molecule has 1 saturated heterocycles. The van der Waals surface area contributed by atoms with Crippen molar-refractivity contribution in [2.24, 2.45) is 0 Å². The Labute approximate surface area is 122 Å². The lowest BCUT2D eigenvalue weighted by Crippen LogP contribution is -2.47. The molecule has 0 N–H and O–H groups in total.